The number of nitrogens with zero attached hydrogens (tertiary/aromatic N) is 2. The van der Waals surface area contributed by atoms with Crippen molar-refractivity contribution in [3.63, 3.8) is 0 Å². The lowest BCUT2D eigenvalue weighted by Crippen LogP contribution is -2.46. The zero-order chi connectivity index (χ0) is 12.6. The summed E-state index contributed by atoms with van der Waals surface area (Å²) in [5.74, 6) is -1.72. The van der Waals surface area contributed by atoms with E-state index in [0.29, 0.717) is 13.1 Å². The molecule has 2 heterocycles. The van der Waals surface area contributed by atoms with E-state index in [4.69, 9.17) is 10.5 Å². The number of halogens is 2. The second kappa shape index (κ2) is 4.44. The number of rotatable bonds is 1. The second-order valence-corrected chi connectivity index (χ2v) is 4.32. The van der Waals surface area contributed by atoms with Gasteiger partial charge in [0.05, 0.1) is 12.2 Å². The SMILES string of the molecule is C[C@@H]1CN(c2nc(N)c(F)cc2F)C[C@H](C)O1. The van der Waals surface area contributed by atoms with Gasteiger partial charge in [-0.15, -0.1) is 0 Å². The summed E-state index contributed by atoms with van der Waals surface area (Å²) in [6, 6.07) is 0.766. The number of morpholine rings is 1. The molecule has 2 N–H and O–H groups in total. The van der Waals surface area contributed by atoms with E-state index in [0.717, 1.165) is 6.07 Å². The van der Waals surface area contributed by atoms with E-state index in [2.05, 4.69) is 4.98 Å². The van der Waals surface area contributed by atoms with Crippen LogP contribution in [0.25, 0.3) is 0 Å². The molecule has 1 aromatic rings. The summed E-state index contributed by atoms with van der Waals surface area (Å²) in [5.41, 5.74) is 5.35. The van der Waals surface area contributed by atoms with Gasteiger partial charge in [-0.25, -0.2) is 13.8 Å². The van der Waals surface area contributed by atoms with Gasteiger partial charge < -0.3 is 15.4 Å². The highest BCUT2D eigenvalue weighted by molar-refractivity contribution is 5.47. The molecule has 0 saturated carbocycles. The van der Waals surface area contributed by atoms with E-state index >= 15 is 0 Å². The Balaban J connectivity index is 2.30. The fourth-order valence-corrected chi connectivity index (χ4v) is 2.04. The first-order chi connectivity index (χ1) is 7.97. The number of nitrogen functional groups attached to an aromatic ring is 1. The third kappa shape index (κ3) is 2.46. The summed E-state index contributed by atoms with van der Waals surface area (Å²) >= 11 is 0. The van der Waals surface area contributed by atoms with Crippen LogP contribution in [0.2, 0.25) is 0 Å². The lowest BCUT2D eigenvalue weighted by Gasteiger charge is -2.36. The van der Waals surface area contributed by atoms with Crippen molar-refractivity contribution in [3.05, 3.63) is 17.7 Å². The third-order valence-corrected chi connectivity index (χ3v) is 2.66. The number of pyridine rings is 1. The molecule has 4 nitrogen and oxygen atoms in total. The first-order valence-corrected chi connectivity index (χ1v) is 5.49. The van der Waals surface area contributed by atoms with Crippen LogP contribution < -0.4 is 10.6 Å². The molecular formula is C11H15F2N3O. The lowest BCUT2D eigenvalue weighted by atomic mass is 10.2. The van der Waals surface area contributed by atoms with E-state index in [1.165, 1.54) is 0 Å². The second-order valence-electron chi connectivity index (χ2n) is 4.32. The minimum Gasteiger partial charge on any atom is -0.381 e. The van der Waals surface area contributed by atoms with Crippen molar-refractivity contribution in [1.29, 1.82) is 0 Å². The summed E-state index contributed by atoms with van der Waals surface area (Å²) in [4.78, 5) is 5.49. The number of anilines is 2. The number of hydrogen-bond acceptors (Lipinski definition) is 4. The number of ether oxygens (including phenoxy) is 1. The van der Waals surface area contributed by atoms with E-state index in [1.54, 1.807) is 4.90 Å². The van der Waals surface area contributed by atoms with Gasteiger partial charge in [0.15, 0.2) is 23.3 Å². The molecule has 2 rings (SSSR count). The molecular weight excluding hydrogens is 228 g/mol. The number of hydrogen-bond donors (Lipinski definition) is 1. The van der Waals surface area contributed by atoms with Crippen molar-refractivity contribution in [3.8, 4) is 0 Å². The van der Waals surface area contributed by atoms with Crippen LogP contribution in [0.15, 0.2) is 6.07 Å². The van der Waals surface area contributed by atoms with Crippen LogP contribution in [0.3, 0.4) is 0 Å². The normalized spacial score (nSPS) is 25.1. The number of aromatic nitrogens is 1. The molecule has 0 spiro atoms. The quantitative estimate of drug-likeness (QED) is 0.813. The van der Waals surface area contributed by atoms with E-state index < -0.39 is 11.6 Å². The molecule has 1 saturated heterocycles. The van der Waals surface area contributed by atoms with Crippen LogP contribution >= 0.6 is 0 Å². The van der Waals surface area contributed by atoms with Crippen molar-refractivity contribution in [2.45, 2.75) is 26.1 Å². The molecule has 0 bridgehead atoms. The average Bonchev–Trinajstić information content (AvgIpc) is 2.22. The van der Waals surface area contributed by atoms with Gasteiger partial charge in [0.1, 0.15) is 0 Å². The van der Waals surface area contributed by atoms with Gasteiger partial charge in [0.2, 0.25) is 0 Å². The van der Waals surface area contributed by atoms with Gasteiger partial charge in [0, 0.05) is 19.2 Å². The fourth-order valence-electron chi connectivity index (χ4n) is 2.04. The predicted molar refractivity (Wildman–Crippen MR) is 60.8 cm³/mol. The summed E-state index contributed by atoms with van der Waals surface area (Å²) in [6.07, 6.45) is -0.0440. The summed E-state index contributed by atoms with van der Waals surface area (Å²) in [5, 5.41) is 0. The Labute approximate surface area is 98.4 Å². The first kappa shape index (κ1) is 12.0. The molecule has 1 fully saturated rings. The standard InChI is InChI=1S/C11H15F2N3O/c1-6-4-16(5-7(2)17-6)11-9(13)3-8(12)10(14)15-11/h3,6-7H,4-5H2,1-2H3,(H2,14,15)/t6-,7+. The molecule has 0 radical (unpaired) electrons. The summed E-state index contributed by atoms with van der Waals surface area (Å²) < 4.78 is 32.2. The largest absolute Gasteiger partial charge is 0.381 e. The minimum absolute atomic E-state index is 0.0220. The maximum absolute atomic E-state index is 13.6. The van der Waals surface area contributed by atoms with E-state index in [1.807, 2.05) is 13.8 Å². The molecule has 0 aliphatic carbocycles. The average molecular weight is 243 g/mol. The van der Waals surface area contributed by atoms with Crippen LogP contribution in [0, 0.1) is 11.6 Å². The number of nitrogens with two attached hydrogens (primary N) is 1. The summed E-state index contributed by atoms with van der Waals surface area (Å²) in [6.45, 7) is 4.82. The van der Waals surface area contributed by atoms with Crippen LogP contribution in [0.4, 0.5) is 20.4 Å². The van der Waals surface area contributed by atoms with E-state index in [-0.39, 0.29) is 23.8 Å². The van der Waals surface area contributed by atoms with Gasteiger partial charge in [-0.2, -0.15) is 0 Å². The van der Waals surface area contributed by atoms with Gasteiger partial charge in [0.25, 0.3) is 0 Å². The predicted octanol–water partition coefficient (Wildman–Crippen LogP) is 1.56. The van der Waals surface area contributed by atoms with Crippen LogP contribution in [0.1, 0.15) is 13.8 Å². The Kier molecular flexibility index (Phi) is 3.15. The Hall–Kier alpha value is -1.43. The lowest BCUT2D eigenvalue weighted by molar-refractivity contribution is -0.00564. The van der Waals surface area contributed by atoms with Crippen LogP contribution in [-0.2, 0) is 4.74 Å². The highest BCUT2D eigenvalue weighted by Gasteiger charge is 2.26. The Morgan fingerprint density at radius 2 is 1.88 bits per heavy atom. The zero-order valence-corrected chi connectivity index (χ0v) is 9.78. The monoisotopic (exact) mass is 243 g/mol. The molecule has 1 aromatic heterocycles. The Bertz CT molecular complexity index is 417. The molecule has 2 atom stereocenters. The molecule has 17 heavy (non-hydrogen) atoms. The van der Waals surface area contributed by atoms with Crippen molar-refractivity contribution in [2.75, 3.05) is 23.7 Å². The van der Waals surface area contributed by atoms with Crippen molar-refractivity contribution >= 4 is 11.6 Å². The Morgan fingerprint density at radius 3 is 2.47 bits per heavy atom. The molecule has 0 aromatic carbocycles. The maximum Gasteiger partial charge on any atom is 0.168 e. The third-order valence-electron chi connectivity index (χ3n) is 2.66. The highest BCUT2D eigenvalue weighted by Crippen LogP contribution is 2.23. The van der Waals surface area contributed by atoms with Crippen LogP contribution in [-0.4, -0.2) is 30.3 Å². The smallest absolute Gasteiger partial charge is 0.168 e. The van der Waals surface area contributed by atoms with Gasteiger partial charge in [-0.05, 0) is 13.8 Å². The topological polar surface area (TPSA) is 51.4 Å². The van der Waals surface area contributed by atoms with Crippen molar-refractivity contribution in [1.82, 2.24) is 4.98 Å². The summed E-state index contributed by atoms with van der Waals surface area (Å²) in [7, 11) is 0. The highest BCUT2D eigenvalue weighted by atomic mass is 19.1. The molecule has 0 unspecified atom stereocenters. The molecule has 0 amide bonds. The molecule has 6 heteroatoms. The van der Waals surface area contributed by atoms with E-state index in [9.17, 15) is 8.78 Å². The van der Waals surface area contributed by atoms with Crippen molar-refractivity contribution < 1.29 is 13.5 Å². The molecule has 94 valence electrons. The van der Waals surface area contributed by atoms with Gasteiger partial charge in [-0.3, -0.25) is 0 Å². The molecule has 1 aliphatic heterocycles. The Morgan fingerprint density at radius 1 is 1.29 bits per heavy atom. The maximum atomic E-state index is 13.6. The first-order valence-electron chi connectivity index (χ1n) is 5.49. The van der Waals surface area contributed by atoms with Gasteiger partial charge in [-0.1, -0.05) is 0 Å². The zero-order valence-electron chi connectivity index (χ0n) is 9.78. The van der Waals surface area contributed by atoms with Gasteiger partial charge >= 0.3 is 0 Å². The minimum atomic E-state index is -0.833. The molecule has 1 aliphatic rings. The van der Waals surface area contributed by atoms with Crippen LogP contribution in [0.5, 0.6) is 0 Å². The van der Waals surface area contributed by atoms with Crippen molar-refractivity contribution in [2.24, 2.45) is 0 Å². The fraction of sp³-hybridized carbons (Fsp3) is 0.545.